The van der Waals surface area contributed by atoms with Gasteiger partial charge in [0.15, 0.2) is 0 Å². The second-order valence-corrected chi connectivity index (χ2v) is 30.7. The van der Waals surface area contributed by atoms with Gasteiger partial charge in [0.25, 0.3) is 0 Å². The first-order chi connectivity index (χ1) is 49.3. The zero-order valence-corrected chi connectivity index (χ0v) is 65.4. The smallest absolute Gasteiger partial charge is 0.0436 e. The van der Waals surface area contributed by atoms with E-state index in [2.05, 4.69) is 292 Å². The molecule has 2 nitrogen and oxygen atoms in total. The van der Waals surface area contributed by atoms with Gasteiger partial charge in [-0.15, -0.1) is 158 Å². The zero-order chi connectivity index (χ0) is 76.6. The molecule has 0 rings (SSSR count). The minimum absolute atomic E-state index is 0.166. The molecule has 0 spiro atoms. The first-order valence-corrected chi connectivity index (χ1v) is 39.5. The predicted octanol–water partition coefficient (Wildman–Crippen LogP) is 28.4. The molecule has 0 saturated heterocycles. The molecule has 0 aliphatic carbocycles. The van der Waals surface area contributed by atoms with E-state index in [9.17, 15) is 10.2 Å². The normalized spacial score (nSPS) is 18.4. The second-order valence-electron chi connectivity index (χ2n) is 30.7. The summed E-state index contributed by atoms with van der Waals surface area (Å²) in [5, 5.41) is 19.0. The molecule has 102 heavy (non-hydrogen) atoms. The maximum absolute atomic E-state index is 9.56. The van der Waals surface area contributed by atoms with Crippen LogP contribution in [0.25, 0.3) is 0 Å². The Bertz CT molecular complexity index is 2510. The molecule has 2 N–H and O–H groups in total. The summed E-state index contributed by atoms with van der Waals surface area (Å²) in [6.07, 6.45) is 76.0. The fourth-order valence-electron chi connectivity index (χ4n) is 16.5. The van der Waals surface area contributed by atoms with Crippen molar-refractivity contribution in [1.29, 1.82) is 0 Å². The van der Waals surface area contributed by atoms with E-state index in [1.807, 2.05) is 12.2 Å². The minimum atomic E-state index is 0.166. The summed E-state index contributed by atoms with van der Waals surface area (Å²) < 4.78 is 0. The van der Waals surface area contributed by atoms with E-state index < -0.39 is 0 Å². The highest BCUT2D eigenvalue weighted by Gasteiger charge is 2.29. The van der Waals surface area contributed by atoms with Gasteiger partial charge >= 0.3 is 0 Å². The Balaban J connectivity index is 5.80. The third kappa shape index (κ3) is 40.7. The molecular formula is C100H154O2. The van der Waals surface area contributed by atoms with E-state index in [1.165, 1.54) is 0 Å². The highest BCUT2D eigenvalue weighted by Crippen LogP contribution is 2.41. The van der Waals surface area contributed by atoms with E-state index in [0.29, 0.717) is 136 Å². The van der Waals surface area contributed by atoms with Crippen LogP contribution < -0.4 is 0 Å². The van der Waals surface area contributed by atoms with Crippen molar-refractivity contribution in [2.75, 3.05) is 13.2 Å². The number of aliphatic hydroxyl groups excluding tert-OH is 2. The molecule has 0 aromatic rings. The molecule has 566 valence electrons. The van der Waals surface area contributed by atoms with Crippen molar-refractivity contribution in [3.05, 3.63) is 304 Å². The number of allylic oxidation sites excluding steroid dienone is 24. The molecule has 0 heterocycles. The summed E-state index contributed by atoms with van der Waals surface area (Å²) in [6, 6.07) is 0. The fourth-order valence-corrected chi connectivity index (χ4v) is 16.5. The number of hydrogen-bond acceptors (Lipinski definition) is 2. The summed E-state index contributed by atoms with van der Waals surface area (Å²) in [7, 11) is 0. The van der Waals surface area contributed by atoms with Gasteiger partial charge in [0, 0.05) is 13.2 Å². The molecule has 0 saturated carbocycles. The Morgan fingerprint density at radius 2 is 0.216 bits per heavy atom. The predicted molar refractivity (Wildman–Crippen MR) is 463 cm³/mol. The van der Waals surface area contributed by atoms with Crippen LogP contribution in [-0.2, 0) is 0 Å². The lowest BCUT2D eigenvalue weighted by atomic mass is 9.76. The maximum Gasteiger partial charge on any atom is 0.0436 e. The summed E-state index contributed by atoms with van der Waals surface area (Å²) in [5.74, 6) is 7.61. The van der Waals surface area contributed by atoms with Crippen LogP contribution in [0.1, 0.15) is 167 Å². The Morgan fingerprint density at radius 1 is 0.127 bits per heavy atom. The van der Waals surface area contributed by atoms with Crippen molar-refractivity contribution in [3.63, 3.8) is 0 Å². The van der Waals surface area contributed by atoms with E-state index in [4.69, 9.17) is 0 Å². The summed E-state index contributed by atoms with van der Waals surface area (Å²) in [5.41, 5.74) is 0. The van der Waals surface area contributed by atoms with Crippen LogP contribution in [0.2, 0.25) is 0 Å². The Kier molecular flexibility index (Phi) is 56.3. The van der Waals surface area contributed by atoms with E-state index in [0.717, 1.165) is 167 Å². The van der Waals surface area contributed by atoms with Crippen molar-refractivity contribution in [3.8, 4) is 0 Å². The van der Waals surface area contributed by atoms with Crippen molar-refractivity contribution >= 4 is 0 Å². The molecule has 0 aromatic heterocycles. The van der Waals surface area contributed by atoms with Crippen LogP contribution in [0.15, 0.2) is 304 Å². The van der Waals surface area contributed by atoms with Crippen LogP contribution in [-0.4, -0.2) is 23.4 Å². The largest absolute Gasteiger partial charge is 0.396 e. The molecule has 0 radical (unpaired) electrons. The number of rotatable bonds is 75. The second kappa shape index (κ2) is 60.0. The highest BCUT2D eigenvalue weighted by atomic mass is 16.3. The van der Waals surface area contributed by atoms with Gasteiger partial charge < -0.3 is 10.2 Å². The molecular weight excluding hydrogens is 1230 g/mol. The van der Waals surface area contributed by atoms with Crippen LogP contribution >= 0.6 is 0 Å². The van der Waals surface area contributed by atoms with Crippen LogP contribution in [0, 0.1) is 142 Å². The van der Waals surface area contributed by atoms with E-state index in [1.54, 1.807) is 0 Å². The quantitative estimate of drug-likeness (QED) is 0.0596. The molecule has 0 fully saturated rings. The average Bonchev–Trinajstić information content (AvgIpc) is 0.990. The summed E-state index contributed by atoms with van der Waals surface area (Å²) in [4.78, 5) is 0. The van der Waals surface area contributed by atoms with Gasteiger partial charge in [-0.25, -0.2) is 0 Å². The van der Waals surface area contributed by atoms with E-state index >= 15 is 0 Å². The molecule has 2 heteroatoms. The minimum Gasteiger partial charge on any atom is -0.396 e. The van der Waals surface area contributed by atoms with E-state index in [-0.39, 0.29) is 19.1 Å². The van der Waals surface area contributed by atoms with Gasteiger partial charge in [0.2, 0.25) is 0 Å². The monoisotopic (exact) mass is 1390 g/mol. The van der Waals surface area contributed by atoms with Crippen LogP contribution in [0.4, 0.5) is 0 Å². The standard InChI is InChI=1S/C100H154O2/c1-25-77(50-49-52-101)54-79(27-3)56-81(29-5)58-83(31-7)60-85(33-9)62-87(35-11)64-89(37-13)66-91(39-15)68-93(41-17)70-95(43-19)72-97(45-21)74-99(47-23)76-100(48-24)75-98(46-22)73-96(44-20)71-94(42-18)69-92(40-16)67-90(38-14)65-88(36-12)63-86(34-10)61-84(32-8)59-82(30-6)57-80(28-4)55-78(26-2)51-53-102/h25-48,77-102H,1-24,49-76H2. The zero-order valence-electron chi connectivity index (χ0n) is 65.4. The van der Waals surface area contributed by atoms with Gasteiger partial charge in [0.1, 0.15) is 0 Å². The molecule has 24 atom stereocenters. The first kappa shape index (κ1) is 95.7. The van der Waals surface area contributed by atoms with Crippen molar-refractivity contribution in [1.82, 2.24) is 0 Å². The van der Waals surface area contributed by atoms with Crippen LogP contribution in [0.5, 0.6) is 0 Å². The van der Waals surface area contributed by atoms with Gasteiger partial charge in [-0.05, 0) is 309 Å². The van der Waals surface area contributed by atoms with Gasteiger partial charge in [0.05, 0.1) is 0 Å². The average molecular weight is 1390 g/mol. The third-order valence-corrected chi connectivity index (χ3v) is 23.2. The first-order valence-electron chi connectivity index (χ1n) is 39.5. The molecule has 24 unspecified atom stereocenters. The molecule has 0 bridgehead atoms. The summed E-state index contributed by atoms with van der Waals surface area (Å²) >= 11 is 0. The Hall–Kier alpha value is -6.32. The molecule has 0 aromatic carbocycles. The number of aliphatic hydroxyl groups is 2. The van der Waals surface area contributed by atoms with Crippen molar-refractivity contribution in [2.24, 2.45) is 142 Å². The van der Waals surface area contributed by atoms with Gasteiger partial charge in [-0.1, -0.05) is 146 Å². The Labute approximate surface area is 632 Å². The highest BCUT2D eigenvalue weighted by molar-refractivity contribution is 5.05. The van der Waals surface area contributed by atoms with Gasteiger partial charge in [-0.2, -0.15) is 0 Å². The fraction of sp³-hybridized carbons (Fsp3) is 0.520. The lowest BCUT2D eigenvalue weighted by molar-refractivity contribution is 0.256. The SMILES string of the molecule is C=CC(CCO)CC(C=C)CC(C=C)CC(C=C)CC(C=C)CC(C=C)CC(C=C)CC(C=C)CC(C=C)CC(C=C)CC(C=C)CC(C=C)CC(C=C)CC(C=C)CC(C=C)CC(C=C)CC(C=C)CC(C=C)CC(C=C)CC(C=C)CC(C=C)CC(C=C)CC(C=C)CC(C=C)CCCO. The molecule has 0 aliphatic rings. The topological polar surface area (TPSA) is 40.5 Å². The third-order valence-electron chi connectivity index (χ3n) is 23.2. The van der Waals surface area contributed by atoms with Crippen LogP contribution in [0.3, 0.4) is 0 Å². The lowest BCUT2D eigenvalue weighted by Gasteiger charge is -2.29. The maximum atomic E-state index is 9.56. The number of hydrogen-bond donors (Lipinski definition) is 2. The molecule has 0 amide bonds. The van der Waals surface area contributed by atoms with Crippen molar-refractivity contribution in [2.45, 2.75) is 167 Å². The Morgan fingerprint density at radius 3 is 0.294 bits per heavy atom. The van der Waals surface area contributed by atoms with Gasteiger partial charge in [-0.3, -0.25) is 0 Å². The summed E-state index contributed by atoms with van der Waals surface area (Å²) in [6.45, 7) is 103. The van der Waals surface area contributed by atoms with Crippen molar-refractivity contribution < 1.29 is 10.2 Å². The molecule has 0 aliphatic heterocycles. The lowest BCUT2D eigenvalue weighted by Crippen LogP contribution is -2.18.